The minimum atomic E-state index is -3.77. The van der Waals surface area contributed by atoms with Crippen molar-refractivity contribution in [1.29, 1.82) is 0 Å². The van der Waals surface area contributed by atoms with E-state index >= 15 is 0 Å². The highest BCUT2D eigenvalue weighted by Crippen LogP contribution is 2.29. The molecule has 7 heteroatoms. The summed E-state index contributed by atoms with van der Waals surface area (Å²) in [7, 11) is -2.34. The van der Waals surface area contributed by atoms with E-state index in [4.69, 9.17) is 16.3 Å². The predicted molar refractivity (Wildman–Crippen MR) is 109 cm³/mol. The van der Waals surface area contributed by atoms with Crippen LogP contribution in [0.4, 0.5) is 5.69 Å². The molecule has 1 aliphatic heterocycles. The third-order valence-electron chi connectivity index (χ3n) is 4.86. The van der Waals surface area contributed by atoms with Crippen molar-refractivity contribution in [3.05, 3.63) is 53.1 Å². The van der Waals surface area contributed by atoms with Crippen LogP contribution in [-0.4, -0.2) is 28.6 Å². The highest BCUT2D eigenvalue weighted by Gasteiger charge is 2.23. The standard InChI is InChI=1S/C20H25ClN2O3S/c1-15(16-6-9-18(10-7-16)23-12-4-3-5-13-23)22-27(24,25)20-14-17(21)8-11-19(20)26-2/h6-11,14-15,22H,3-5,12-13H2,1-2H3/t15-/m1/s1. The van der Waals surface area contributed by atoms with Crippen LogP contribution in [0.15, 0.2) is 47.4 Å². The van der Waals surface area contributed by atoms with Crippen LogP contribution < -0.4 is 14.4 Å². The maximum atomic E-state index is 12.8. The van der Waals surface area contributed by atoms with Gasteiger partial charge in [-0.05, 0) is 62.1 Å². The van der Waals surface area contributed by atoms with Crippen LogP contribution in [0.3, 0.4) is 0 Å². The smallest absolute Gasteiger partial charge is 0.244 e. The fourth-order valence-corrected chi connectivity index (χ4v) is 5.01. The van der Waals surface area contributed by atoms with E-state index in [9.17, 15) is 8.42 Å². The summed E-state index contributed by atoms with van der Waals surface area (Å²) in [5.74, 6) is 0.263. The zero-order valence-corrected chi connectivity index (χ0v) is 17.2. The number of benzene rings is 2. The molecule has 1 fully saturated rings. The van der Waals surface area contributed by atoms with Gasteiger partial charge in [-0.2, -0.15) is 0 Å². The van der Waals surface area contributed by atoms with E-state index < -0.39 is 10.0 Å². The molecule has 0 amide bonds. The van der Waals surface area contributed by atoms with Crippen molar-refractivity contribution in [1.82, 2.24) is 4.72 Å². The third-order valence-corrected chi connectivity index (χ3v) is 6.66. The monoisotopic (exact) mass is 408 g/mol. The zero-order chi connectivity index (χ0) is 19.4. The molecule has 1 saturated heterocycles. The van der Waals surface area contributed by atoms with Gasteiger partial charge in [0.25, 0.3) is 0 Å². The number of hydrogen-bond acceptors (Lipinski definition) is 4. The number of halogens is 1. The number of nitrogens with zero attached hydrogens (tertiary/aromatic N) is 1. The van der Waals surface area contributed by atoms with Crippen molar-refractivity contribution < 1.29 is 13.2 Å². The normalized spacial score (nSPS) is 16.2. The number of methoxy groups -OCH3 is 1. The van der Waals surface area contributed by atoms with E-state index in [1.165, 1.54) is 38.1 Å². The molecule has 0 radical (unpaired) electrons. The minimum absolute atomic E-state index is 0.0364. The summed E-state index contributed by atoms with van der Waals surface area (Å²) in [6.07, 6.45) is 3.74. The maximum Gasteiger partial charge on any atom is 0.244 e. The summed E-state index contributed by atoms with van der Waals surface area (Å²) in [6, 6.07) is 12.2. The minimum Gasteiger partial charge on any atom is -0.495 e. The van der Waals surface area contributed by atoms with E-state index in [0.717, 1.165) is 18.7 Å². The van der Waals surface area contributed by atoms with Gasteiger partial charge < -0.3 is 9.64 Å². The number of rotatable bonds is 6. The zero-order valence-electron chi connectivity index (χ0n) is 15.6. The second kappa shape index (κ2) is 8.50. The SMILES string of the molecule is COc1ccc(Cl)cc1S(=O)(=O)N[C@H](C)c1ccc(N2CCCCC2)cc1. The summed E-state index contributed by atoms with van der Waals surface area (Å²) in [6.45, 7) is 3.98. The summed E-state index contributed by atoms with van der Waals surface area (Å²) in [5.41, 5.74) is 2.09. The second-order valence-electron chi connectivity index (χ2n) is 6.78. The van der Waals surface area contributed by atoms with Crippen LogP contribution >= 0.6 is 11.6 Å². The molecule has 146 valence electrons. The number of nitrogens with one attached hydrogen (secondary N) is 1. The summed E-state index contributed by atoms with van der Waals surface area (Å²) in [4.78, 5) is 2.41. The highest BCUT2D eigenvalue weighted by molar-refractivity contribution is 7.89. The van der Waals surface area contributed by atoms with E-state index in [-0.39, 0.29) is 16.7 Å². The topological polar surface area (TPSA) is 58.6 Å². The first kappa shape index (κ1) is 20.0. The molecule has 1 aliphatic rings. The van der Waals surface area contributed by atoms with Gasteiger partial charge in [0, 0.05) is 29.8 Å². The second-order valence-corrected chi connectivity index (χ2v) is 8.90. The Bertz CT molecular complexity index is 879. The molecule has 0 spiro atoms. The molecule has 2 aromatic carbocycles. The van der Waals surface area contributed by atoms with Gasteiger partial charge in [0.2, 0.25) is 10.0 Å². The van der Waals surface area contributed by atoms with Crippen LogP contribution in [0.1, 0.15) is 37.8 Å². The number of piperidine rings is 1. The molecular formula is C20H25ClN2O3S. The van der Waals surface area contributed by atoms with E-state index in [1.807, 2.05) is 19.1 Å². The Morgan fingerprint density at radius 3 is 2.37 bits per heavy atom. The summed E-state index contributed by atoms with van der Waals surface area (Å²) < 4.78 is 33.5. The first-order valence-corrected chi connectivity index (χ1v) is 11.0. The Morgan fingerprint density at radius 2 is 1.74 bits per heavy atom. The lowest BCUT2D eigenvalue weighted by Gasteiger charge is -2.29. The highest BCUT2D eigenvalue weighted by atomic mass is 35.5. The van der Waals surface area contributed by atoms with E-state index in [0.29, 0.717) is 5.02 Å². The molecule has 1 atom stereocenters. The lowest BCUT2D eigenvalue weighted by Crippen LogP contribution is -2.29. The first-order valence-electron chi connectivity index (χ1n) is 9.11. The fraction of sp³-hybridized carbons (Fsp3) is 0.400. The first-order chi connectivity index (χ1) is 12.9. The molecule has 1 N–H and O–H groups in total. The van der Waals surface area contributed by atoms with Gasteiger partial charge in [0.1, 0.15) is 10.6 Å². The van der Waals surface area contributed by atoms with Gasteiger partial charge in [-0.3, -0.25) is 0 Å². The van der Waals surface area contributed by atoms with E-state index in [2.05, 4.69) is 21.8 Å². The number of sulfonamides is 1. The van der Waals surface area contributed by atoms with Crippen molar-refractivity contribution >= 4 is 27.3 Å². The van der Waals surface area contributed by atoms with Crippen molar-refractivity contribution in [2.24, 2.45) is 0 Å². The molecule has 3 rings (SSSR count). The van der Waals surface area contributed by atoms with Gasteiger partial charge in [0.05, 0.1) is 7.11 Å². The Labute approximate surface area is 166 Å². The lowest BCUT2D eigenvalue weighted by atomic mass is 10.1. The van der Waals surface area contributed by atoms with Crippen molar-refractivity contribution in [3.63, 3.8) is 0 Å². The summed E-state index contributed by atoms with van der Waals surface area (Å²) in [5, 5.41) is 0.342. The van der Waals surface area contributed by atoms with Gasteiger partial charge in [-0.1, -0.05) is 23.7 Å². The Balaban J connectivity index is 1.76. The quantitative estimate of drug-likeness (QED) is 0.770. The Morgan fingerprint density at radius 1 is 1.07 bits per heavy atom. The number of anilines is 1. The lowest BCUT2D eigenvalue weighted by molar-refractivity contribution is 0.402. The van der Waals surface area contributed by atoms with Crippen molar-refractivity contribution in [2.45, 2.75) is 37.1 Å². The molecule has 0 aliphatic carbocycles. The van der Waals surface area contributed by atoms with Crippen molar-refractivity contribution in [2.75, 3.05) is 25.1 Å². The van der Waals surface area contributed by atoms with Gasteiger partial charge in [0.15, 0.2) is 0 Å². The maximum absolute atomic E-state index is 12.8. The fourth-order valence-electron chi connectivity index (χ4n) is 3.35. The average molecular weight is 409 g/mol. The molecule has 1 heterocycles. The van der Waals surface area contributed by atoms with Crippen LogP contribution in [-0.2, 0) is 10.0 Å². The van der Waals surface area contributed by atoms with Crippen LogP contribution in [0.5, 0.6) is 5.75 Å². The van der Waals surface area contributed by atoms with Gasteiger partial charge in [-0.15, -0.1) is 0 Å². The van der Waals surface area contributed by atoms with Gasteiger partial charge >= 0.3 is 0 Å². The number of hydrogen-bond donors (Lipinski definition) is 1. The average Bonchev–Trinajstić information content (AvgIpc) is 2.68. The molecule has 0 aromatic heterocycles. The molecule has 0 unspecified atom stereocenters. The van der Waals surface area contributed by atoms with Crippen LogP contribution in [0.2, 0.25) is 5.02 Å². The molecule has 0 bridgehead atoms. The molecule has 27 heavy (non-hydrogen) atoms. The molecular weight excluding hydrogens is 384 g/mol. The molecule has 2 aromatic rings. The Hall–Kier alpha value is -1.76. The molecule has 5 nitrogen and oxygen atoms in total. The largest absolute Gasteiger partial charge is 0.495 e. The van der Waals surface area contributed by atoms with Gasteiger partial charge in [-0.25, -0.2) is 13.1 Å². The Kier molecular flexibility index (Phi) is 6.29. The number of ether oxygens (including phenoxy) is 1. The third kappa shape index (κ3) is 4.75. The molecule has 0 saturated carbocycles. The van der Waals surface area contributed by atoms with Crippen LogP contribution in [0.25, 0.3) is 0 Å². The van der Waals surface area contributed by atoms with Crippen LogP contribution in [0, 0.1) is 0 Å². The summed E-state index contributed by atoms with van der Waals surface area (Å²) >= 11 is 5.97. The van der Waals surface area contributed by atoms with Crippen molar-refractivity contribution in [3.8, 4) is 5.75 Å². The van der Waals surface area contributed by atoms with E-state index in [1.54, 1.807) is 12.1 Å². The predicted octanol–water partition coefficient (Wildman–Crippen LogP) is 4.38.